The lowest BCUT2D eigenvalue weighted by Gasteiger charge is -2.33. The summed E-state index contributed by atoms with van der Waals surface area (Å²) in [6.07, 6.45) is -4.14. The summed E-state index contributed by atoms with van der Waals surface area (Å²) in [6.45, 7) is 4.03. The highest BCUT2D eigenvalue weighted by atomic mass is 32.2. The Bertz CT molecular complexity index is 723. The number of hydrogen-bond acceptors (Lipinski definition) is 3. The topological polar surface area (TPSA) is 58.2 Å². The van der Waals surface area contributed by atoms with E-state index in [1.54, 1.807) is 11.8 Å². The SMILES string of the molecule is Cc1ccc2c(c1)C(NC(=O)C1CCC(C(F)(F)F)NC1=O)CC(C)S2. The van der Waals surface area contributed by atoms with Crippen molar-refractivity contribution >= 4 is 23.6 Å². The van der Waals surface area contributed by atoms with Crippen molar-refractivity contribution in [3.05, 3.63) is 29.3 Å². The number of halogens is 3. The van der Waals surface area contributed by atoms with Crippen LogP contribution in [0.15, 0.2) is 23.1 Å². The van der Waals surface area contributed by atoms with E-state index in [2.05, 4.69) is 12.2 Å². The lowest BCUT2D eigenvalue weighted by molar-refractivity contribution is -0.171. The predicted molar refractivity (Wildman–Crippen MR) is 92.7 cm³/mol. The minimum atomic E-state index is -4.48. The monoisotopic (exact) mass is 386 g/mol. The molecule has 0 aromatic heterocycles. The van der Waals surface area contributed by atoms with Crippen LogP contribution in [0.2, 0.25) is 0 Å². The molecule has 4 unspecified atom stereocenters. The van der Waals surface area contributed by atoms with E-state index in [9.17, 15) is 22.8 Å². The Hall–Kier alpha value is -1.70. The number of benzene rings is 1. The van der Waals surface area contributed by atoms with E-state index in [0.29, 0.717) is 11.7 Å². The summed E-state index contributed by atoms with van der Waals surface area (Å²) in [5.41, 5.74) is 2.08. The molecule has 0 spiro atoms. The molecule has 2 heterocycles. The first-order chi connectivity index (χ1) is 12.1. The summed E-state index contributed by atoms with van der Waals surface area (Å²) in [7, 11) is 0. The van der Waals surface area contributed by atoms with E-state index < -0.39 is 30.0 Å². The third kappa shape index (κ3) is 4.00. The molecule has 0 bridgehead atoms. The number of amides is 2. The van der Waals surface area contributed by atoms with Crippen LogP contribution in [0, 0.1) is 12.8 Å². The summed E-state index contributed by atoms with van der Waals surface area (Å²) >= 11 is 1.73. The molecule has 1 aromatic rings. The van der Waals surface area contributed by atoms with E-state index in [0.717, 1.165) is 16.0 Å². The molecule has 2 N–H and O–H groups in total. The Morgan fingerprint density at radius 2 is 2.04 bits per heavy atom. The first-order valence-corrected chi connectivity index (χ1v) is 9.48. The molecule has 1 saturated heterocycles. The zero-order valence-corrected chi connectivity index (χ0v) is 15.3. The third-order valence-corrected chi connectivity index (χ3v) is 6.06. The Labute approximate surface area is 154 Å². The molecule has 2 amide bonds. The number of fused-ring (bicyclic) bond motifs is 1. The minimum absolute atomic E-state index is 0.0977. The molecule has 4 atom stereocenters. The molecule has 0 radical (unpaired) electrons. The smallest absolute Gasteiger partial charge is 0.349 e. The quantitative estimate of drug-likeness (QED) is 0.765. The summed E-state index contributed by atoms with van der Waals surface area (Å²) in [5, 5.41) is 5.12. The van der Waals surface area contributed by atoms with Gasteiger partial charge in [-0.05, 0) is 37.8 Å². The summed E-state index contributed by atoms with van der Waals surface area (Å²) in [4.78, 5) is 25.7. The van der Waals surface area contributed by atoms with Crippen LogP contribution in [0.1, 0.15) is 43.4 Å². The van der Waals surface area contributed by atoms with Gasteiger partial charge in [0.15, 0.2) is 0 Å². The van der Waals surface area contributed by atoms with Crippen LogP contribution in [0.3, 0.4) is 0 Å². The summed E-state index contributed by atoms with van der Waals surface area (Å²) in [6, 6.07) is 3.94. The molecule has 0 saturated carbocycles. The molecule has 8 heteroatoms. The van der Waals surface area contributed by atoms with Crippen molar-refractivity contribution < 1.29 is 22.8 Å². The average Bonchev–Trinajstić information content (AvgIpc) is 2.54. The number of piperidine rings is 1. The molecule has 2 aliphatic heterocycles. The van der Waals surface area contributed by atoms with Crippen molar-refractivity contribution in [1.82, 2.24) is 10.6 Å². The van der Waals surface area contributed by atoms with E-state index >= 15 is 0 Å². The van der Waals surface area contributed by atoms with Gasteiger partial charge in [0.1, 0.15) is 12.0 Å². The molecule has 0 aliphatic carbocycles. The fraction of sp³-hybridized carbons (Fsp3) is 0.556. The van der Waals surface area contributed by atoms with Crippen molar-refractivity contribution in [3.63, 3.8) is 0 Å². The lowest BCUT2D eigenvalue weighted by atomic mass is 9.91. The Morgan fingerprint density at radius 3 is 2.69 bits per heavy atom. The van der Waals surface area contributed by atoms with Gasteiger partial charge in [0.25, 0.3) is 0 Å². The zero-order valence-electron chi connectivity index (χ0n) is 14.5. The van der Waals surface area contributed by atoms with Crippen LogP contribution < -0.4 is 10.6 Å². The summed E-state index contributed by atoms with van der Waals surface area (Å²) < 4.78 is 38.2. The molecule has 2 aliphatic rings. The van der Waals surface area contributed by atoms with Gasteiger partial charge in [-0.3, -0.25) is 9.59 Å². The molecule has 1 fully saturated rings. The number of rotatable bonds is 2. The normalized spacial score (nSPS) is 28.9. The highest BCUT2D eigenvalue weighted by molar-refractivity contribution is 8.00. The molecule has 4 nitrogen and oxygen atoms in total. The van der Waals surface area contributed by atoms with Crippen LogP contribution >= 0.6 is 11.8 Å². The highest BCUT2D eigenvalue weighted by Gasteiger charge is 2.46. The zero-order chi connectivity index (χ0) is 19.1. The standard InChI is InChI=1S/C18H21F3N2O2S/c1-9-3-5-14-12(7-9)13(8-10(2)26-14)22-16(24)11-4-6-15(18(19,20)21)23-17(11)25/h3,5,7,10-11,13,15H,4,6,8H2,1-2H3,(H,22,24)(H,23,25). The molecule has 142 valence electrons. The average molecular weight is 386 g/mol. The van der Waals surface area contributed by atoms with Crippen molar-refractivity contribution in [2.45, 2.75) is 61.5 Å². The van der Waals surface area contributed by atoms with E-state index in [-0.39, 0.29) is 18.9 Å². The van der Waals surface area contributed by atoms with Gasteiger partial charge in [-0.15, -0.1) is 11.8 Å². The lowest BCUT2D eigenvalue weighted by Crippen LogP contribution is -2.54. The van der Waals surface area contributed by atoms with Crippen LogP contribution in [0.4, 0.5) is 13.2 Å². The molecule has 3 rings (SSSR count). The maximum Gasteiger partial charge on any atom is 0.408 e. The van der Waals surface area contributed by atoms with Crippen LogP contribution in [-0.4, -0.2) is 29.3 Å². The van der Waals surface area contributed by atoms with Gasteiger partial charge in [-0.2, -0.15) is 13.2 Å². The summed E-state index contributed by atoms with van der Waals surface area (Å²) in [5.74, 6) is -2.43. The van der Waals surface area contributed by atoms with E-state index in [1.807, 2.05) is 30.4 Å². The van der Waals surface area contributed by atoms with Gasteiger partial charge in [0, 0.05) is 10.1 Å². The number of alkyl halides is 3. The largest absolute Gasteiger partial charge is 0.408 e. The third-order valence-electron chi connectivity index (χ3n) is 4.84. The van der Waals surface area contributed by atoms with Gasteiger partial charge in [0.05, 0.1) is 6.04 Å². The number of nitrogens with one attached hydrogen (secondary N) is 2. The number of carbonyl (C=O) groups is 2. The fourth-order valence-electron chi connectivity index (χ4n) is 3.48. The molecule has 1 aromatic carbocycles. The first-order valence-electron chi connectivity index (χ1n) is 8.60. The maximum absolute atomic E-state index is 12.7. The second-order valence-electron chi connectivity index (χ2n) is 7.00. The second kappa shape index (κ2) is 7.13. The number of thioether (sulfide) groups is 1. The Balaban J connectivity index is 1.71. The van der Waals surface area contributed by atoms with E-state index in [1.165, 1.54) is 0 Å². The number of hydrogen-bond donors (Lipinski definition) is 2. The van der Waals surface area contributed by atoms with Crippen molar-refractivity contribution in [3.8, 4) is 0 Å². The maximum atomic E-state index is 12.7. The van der Waals surface area contributed by atoms with Gasteiger partial charge in [-0.25, -0.2) is 0 Å². The highest BCUT2D eigenvalue weighted by Crippen LogP contribution is 2.41. The number of aryl methyl sites for hydroxylation is 1. The molecule has 26 heavy (non-hydrogen) atoms. The second-order valence-corrected chi connectivity index (χ2v) is 8.48. The number of carbonyl (C=O) groups excluding carboxylic acids is 2. The Morgan fingerprint density at radius 1 is 1.31 bits per heavy atom. The predicted octanol–water partition coefficient (Wildman–Crippen LogP) is 3.49. The van der Waals surface area contributed by atoms with Crippen molar-refractivity contribution in [2.24, 2.45) is 5.92 Å². The van der Waals surface area contributed by atoms with Gasteiger partial charge in [-0.1, -0.05) is 24.6 Å². The van der Waals surface area contributed by atoms with Crippen LogP contribution in [0.25, 0.3) is 0 Å². The molecular weight excluding hydrogens is 365 g/mol. The molecular formula is C18H21F3N2O2S. The van der Waals surface area contributed by atoms with Crippen molar-refractivity contribution in [1.29, 1.82) is 0 Å². The van der Waals surface area contributed by atoms with Crippen LogP contribution in [-0.2, 0) is 9.59 Å². The van der Waals surface area contributed by atoms with Gasteiger partial charge < -0.3 is 10.6 Å². The van der Waals surface area contributed by atoms with Gasteiger partial charge in [0.2, 0.25) is 11.8 Å². The van der Waals surface area contributed by atoms with Crippen LogP contribution in [0.5, 0.6) is 0 Å². The Kier molecular flexibility index (Phi) is 5.23. The van der Waals surface area contributed by atoms with E-state index in [4.69, 9.17) is 0 Å². The fourth-order valence-corrected chi connectivity index (χ4v) is 4.69. The van der Waals surface area contributed by atoms with Crippen molar-refractivity contribution in [2.75, 3.05) is 0 Å². The van der Waals surface area contributed by atoms with Gasteiger partial charge >= 0.3 is 6.18 Å². The first kappa shape index (κ1) is 19.1. The minimum Gasteiger partial charge on any atom is -0.349 e.